The van der Waals surface area contributed by atoms with Crippen LogP contribution in [0.1, 0.15) is 26.2 Å². The Morgan fingerprint density at radius 1 is 1.30 bits per heavy atom. The zero-order valence-electron chi connectivity index (χ0n) is 12.1. The molecule has 1 fully saturated rings. The second-order valence-corrected chi connectivity index (χ2v) is 5.20. The number of carbonyl (C=O) groups excluding carboxylic acids is 2. The summed E-state index contributed by atoms with van der Waals surface area (Å²) in [6.45, 7) is 3.47. The maximum atomic E-state index is 11.9. The number of carbonyl (C=O) groups is 3. The highest BCUT2D eigenvalue weighted by atomic mass is 16.4. The van der Waals surface area contributed by atoms with E-state index in [9.17, 15) is 14.4 Å². The van der Waals surface area contributed by atoms with Crippen LogP contribution >= 0.6 is 0 Å². The lowest BCUT2D eigenvalue weighted by Crippen LogP contribution is -2.44. The van der Waals surface area contributed by atoms with Gasteiger partial charge in [-0.25, -0.2) is 4.79 Å². The Labute approximate surface area is 118 Å². The molecule has 0 aromatic carbocycles. The number of urea groups is 1. The fourth-order valence-corrected chi connectivity index (χ4v) is 2.00. The van der Waals surface area contributed by atoms with Crippen molar-refractivity contribution < 1.29 is 19.5 Å². The van der Waals surface area contributed by atoms with Gasteiger partial charge < -0.3 is 20.2 Å². The molecule has 20 heavy (non-hydrogen) atoms. The van der Waals surface area contributed by atoms with E-state index in [1.54, 1.807) is 18.9 Å². The SMILES string of the molecule is CC(CCNC(=O)N(C)CC(=O)N1CCCC1)C(=O)O. The lowest BCUT2D eigenvalue weighted by molar-refractivity contribution is -0.141. The van der Waals surface area contributed by atoms with Crippen LogP contribution in [0.2, 0.25) is 0 Å². The standard InChI is InChI=1S/C13H23N3O4/c1-10(12(18)19)5-6-14-13(20)15(2)9-11(17)16-7-3-4-8-16/h10H,3-9H2,1-2H3,(H,14,20)(H,18,19). The summed E-state index contributed by atoms with van der Waals surface area (Å²) in [7, 11) is 1.56. The van der Waals surface area contributed by atoms with E-state index in [0.717, 1.165) is 25.9 Å². The van der Waals surface area contributed by atoms with Gasteiger partial charge in [0.2, 0.25) is 5.91 Å². The highest BCUT2D eigenvalue weighted by molar-refractivity contribution is 5.84. The molecule has 1 heterocycles. The van der Waals surface area contributed by atoms with Crippen molar-refractivity contribution in [2.75, 3.05) is 33.2 Å². The van der Waals surface area contributed by atoms with Crippen LogP contribution in [-0.4, -0.2) is 66.0 Å². The van der Waals surface area contributed by atoms with Crippen LogP contribution in [0.3, 0.4) is 0 Å². The zero-order chi connectivity index (χ0) is 15.1. The molecule has 1 atom stereocenters. The van der Waals surface area contributed by atoms with E-state index in [4.69, 9.17) is 5.11 Å². The van der Waals surface area contributed by atoms with Crippen molar-refractivity contribution in [2.45, 2.75) is 26.2 Å². The van der Waals surface area contributed by atoms with E-state index >= 15 is 0 Å². The summed E-state index contributed by atoms with van der Waals surface area (Å²) in [4.78, 5) is 37.3. The number of rotatable bonds is 6. The van der Waals surface area contributed by atoms with Gasteiger partial charge in [0.25, 0.3) is 0 Å². The third-order valence-electron chi connectivity index (χ3n) is 3.45. The van der Waals surface area contributed by atoms with E-state index in [-0.39, 0.29) is 25.0 Å². The summed E-state index contributed by atoms with van der Waals surface area (Å²) in [6, 6.07) is -0.352. The highest BCUT2D eigenvalue weighted by Crippen LogP contribution is 2.07. The first-order valence-corrected chi connectivity index (χ1v) is 6.91. The number of aliphatic carboxylic acids is 1. The molecule has 7 nitrogen and oxygen atoms in total. The van der Waals surface area contributed by atoms with Gasteiger partial charge in [-0.1, -0.05) is 6.92 Å². The molecule has 1 saturated heterocycles. The maximum Gasteiger partial charge on any atom is 0.317 e. The Kier molecular flexibility index (Phi) is 6.27. The van der Waals surface area contributed by atoms with Gasteiger partial charge in [-0.3, -0.25) is 9.59 Å². The van der Waals surface area contributed by atoms with Crippen molar-refractivity contribution in [1.82, 2.24) is 15.1 Å². The Balaban J connectivity index is 2.24. The van der Waals surface area contributed by atoms with Gasteiger partial charge in [0.15, 0.2) is 0 Å². The second-order valence-electron chi connectivity index (χ2n) is 5.20. The molecule has 114 valence electrons. The van der Waals surface area contributed by atoms with Gasteiger partial charge >= 0.3 is 12.0 Å². The van der Waals surface area contributed by atoms with Crippen LogP contribution in [0, 0.1) is 5.92 Å². The fraction of sp³-hybridized carbons (Fsp3) is 0.769. The lowest BCUT2D eigenvalue weighted by Gasteiger charge is -2.21. The number of nitrogens with one attached hydrogen (secondary N) is 1. The van der Waals surface area contributed by atoms with Crippen molar-refractivity contribution in [3.63, 3.8) is 0 Å². The molecule has 0 saturated carbocycles. The van der Waals surface area contributed by atoms with Crippen LogP contribution in [-0.2, 0) is 9.59 Å². The quantitative estimate of drug-likeness (QED) is 0.737. The minimum Gasteiger partial charge on any atom is -0.481 e. The third-order valence-corrected chi connectivity index (χ3v) is 3.45. The van der Waals surface area contributed by atoms with Gasteiger partial charge in [0, 0.05) is 26.7 Å². The first-order chi connectivity index (χ1) is 9.41. The first kappa shape index (κ1) is 16.3. The predicted molar refractivity (Wildman–Crippen MR) is 73.3 cm³/mol. The molecule has 0 aromatic rings. The molecule has 0 aromatic heterocycles. The monoisotopic (exact) mass is 285 g/mol. The van der Waals surface area contributed by atoms with E-state index < -0.39 is 11.9 Å². The normalized spacial score (nSPS) is 15.8. The van der Waals surface area contributed by atoms with Gasteiger partial charge in [-0.2, -0.15) is 0 Å². The molecule has 1 aliphatic rings. The molecule has 2 N–H and O–H groups in total. The topological polar surface area (TPSA) is 90.0 Å². The smallest absolute Gasteiger partial charge is 0.317 e. The molecule has 0 radical (unpaired) electrons. The molecule has 0 bridgehead atoms. The summed E-state index contributed by atoms with van der Waals surface area (Å²) in [6.07, 6.45) is 2.42. The minimum atomic E-state index is -0.878. The van der Waals surface area contributed by atoms with Crippen LogP contribution in [0.25, 0.3) is 0 Å². The van der Waals surface area contributed by atoms with Crippen LogP contribution in [0.5, 0.6) is 0 Å². The molecular weight excluding hydrogens is 262 g/mol. The Hall–Kier alpha value is -1.79. The van der Waals surface area contributed by atoms with Gasteiger partial charge in [-0.15, -0.1) is 0 Å². The van der Waals surface area contributed by atoms with Gasteiger partial charge in [-0.05, 0) is 19.3 Å². The molecule has 1 rings (SSSR count). The zero-order valence-corrected chi connectivity index (χ0v) is 12.1. The summed E-state index contributed by atoms with van der Waals surface area (Å²) >= 11 is 0. The number of amides is 3. The fourth-order valence-electron chi connectivity index (χ4n) is 2.00. The van der Waals surface area contributed by atoms with E-state index in [0.29, 0.717) is 6.42 Å². The molecule has 1 unspecified atom stereocenters. The van der Waals surface area contributed by atoms with Crippen molar-refractivity contribution in [1.29, 1.82) is 0 Å². The van der Waals surface area contributed by atoms with Gasteiger partial charge in [0.05, 0.1) is 5.92 Å². The Morgan fingerprint density at radius 3 is 2.45 bits per heavy atom. The predicted octanol–water partition coefficient (Wildman–Crippen LogP) is 0.361. The van der Waals surface area contributed by atoms with E-state index in [2.05, 4.69) is 5.32 Å². The molecular formula is C13H23N3O4. The summed E-state index contributed by atoms with van der Waals surface area (Å²) in [5.74, 6) is -1.41. The highest BCUT2D eigenvalue weighted by Gasteiger charge is 2.21. The van der Waals surface area contributed by atoms with Crippen molar-refractivity contribution in [2.24, 2.45) is 5.92 Å². The number of carboxylic acid groups (broad SMARTS) is 1. The summed E-state index contributed by atoms with van der Waals surface area (Å²) in [5.41, 5.74) is 0. The average molecular weight is 285 g/mol. The van der Waals surface area contributed by atoms with Crippen LogP contribution in [0.15, 0.2) is 0 Å². The Morgan fingerprint density at radius 2 is 1.90 bits per heavy atom. The molecule has 3 amide bonds. The first-order valence-electron chi connectivity index (χ1n) is 6.91. The van der Waals surface area contributed by atoms with E-state index in [1.807, 2.05) is 0 Å². The number of carboxylic acids is 1. The molecule has 0 aliphatic carbocycles. The average Bonchev–Trinajstić information content (AvgIpc) is 2.91. The summed E-state index contributed by atoms with van der Waals surface area (Å²) in [5, 5.41) is 11.3. The largest absolute Gasteiger partial charge is 0.481 e. The maximum absolute atomic E-state index is 11.9. The van der Waals surface area contributed by atoms with Gasteiger partial charge in [0.1, 0.15) is 6.54 Å². The number of hydrogen-bond acceptors (Lipinski definition) is 3. The third kappa shape index (κ3) is 5.07. The number of hydrogen-bond donors (Lipinski definition) is 2. The minimum absolute atomic E-state index is 0.0425. The lowest BCUT2D eigenvalue weighted by atomic mass is 10.1. The van der Waals surface area contributed by atoms with Crippen molar-refractivity contribution in [3.05, 3.63) is 0 Å². The number of nitrogens with zero attached hydrogens (tertiary/aromatic N) is 2. The number of likely N-dealkylation sites (N-methyl/N-ethyl adjacent to an activating group) is 1. The second kappa shape index (κ2) is 7.72. The van der Waals surface area contributed by atoms with Crippen LogP contribution in [0.4, 0.5) is 4.79 Å². The Bertz CT molecular complexity index is 367. The molecule has 0 spiro atoms. The molecule has 1 aliphatic heterocycles. The number of likely N-dealkylation sites (tertiary alicyclic amines) is 1. The van der Waals surface area contributed by atoms with Crippen molar-refractivity contribution in [3.8, 4) is 0 Å². The van der Waals surface area contributed by atoms with Crippen molar-refractivity contribution >= 4 is 17.9 Å². The summed E-state index contributed by atoms with van der Waals surface area (Å²) < 4.78 is 0. The van der Waals surface area contributed by atoms with E-state index in [1.165, 1.54) is 4.90 Å². The molecule has 7 heteroatoms. The van der Waals surface area contributed by atoms with Crippen LogP contribution < -0.4 is 5.32 Å².